The highest BCUT2D eigenvalue weighted by Gasteiger charge is 2.38. The molecular formula is C25H26F4N6O. The minimum absolute atomic E-state index is 0.00802. The maximum Gasteiger partial charge on any atom is 0.274 e. The molecule has 36 heavy (non-hydrogen) atoms. The minimum Gasteiger partial charge on any atom is -0.396 e. The van der Waals surface area contributed by atoms with Crippen LogP contribution in [0.2, 0.25) is 0 Å². The predicted octanol–water partition coefficient (Wildman–Crippen LogP) is 3.81. The Morgan fingerprint density at radius 3 is 2.53 bits per heavy atom. The van der Waals surface area contributed by atoms with Crippen molar-refractivity contribution >= 4 is 17.3 Å². The number of rotatable bonds is 4. The van der Waals surface area contributed by atoms with E-state index in [9.17, 15) is 18.0 Å². The van der Waals surface area contributed by atoms with E-state index < -0.39 is 24.1 Å². The van der Waals surface area contributed by atoms with E-state index in [-0.39, 0.29) is 47.7 Å². The molecule has 4 N–H and O–H groups in total. The molecule has 1 atom stereocenters. The van der Waals surface area contributed by atoms with Crippen LogP contribution in [0.4, 0.5) is 28.9 Å². The maximum absolute atomic E-state index is 15.4. The first-order chi connectivity index (χ1) is 17.1. The van der Waals surface area contributed by atoms with Gasteiger partial charge in [-0.1, -0.05) is 6.07 Å². The monoisotopic (exact) mass is 502 g/mol. The molecule has 0 spiro atoms. The molecule has 0 bridgehead atoms. The number of likely N-dealkylation sites (tertiary alicyclic amines) is 1. The van der Waals surface area contributed by atoms with Crippen molar-refractivity contribution < 1.29 is 22.4 Å². The fourth-order valence-electron chi connectivity index (χ4n) is 4.74. The molecule has 2 aliphatic rings. The molecule has 0 unspecified atom stereocenters. The quantitative estimate of drug-likeness (QED) is 0.418. The van der Waals surface area contributed by atoms with Gasteiger partial charge in [-0.15, -0.1) is 0 Å². The van der Waals surface area contributed by atoms with Crippen LogP contribution in [0.15, 0.2) is 42.5 Å². The van der Waals surface area contributed by atoms with Crippen LogP contribution in [0.3, 0.4) is 0 Å². The van der Waals surface area contributed by atoms with Crippen LogP contribution < -0.4 is 16.4 Å². The Morgan fingerprint density at radius 2 is 1.86 bits per heavy atom. The number of nitrogens with zero attached hydrogens (tertiary/aromatic N) is 4. The number of piperidine rings is 1. The van der Waals surface area contributed by atoms with E-state index >= 15 is 4.39 Å². The highest BCUT2D eigenvalue weighted by molar-refractivity contribution is 5.94. The van der Waals surface area contributed by atoms with Crippen LogP contribution in [0.5, 0.6) is 0 Å². The number of aromatic nitrogens is 2. The molecule has 0 aliphatic carbocycles. The van der Waals surface area contributed by atoms with Gasteiger partial charge in [0.05, 0.1) is 17.9 Å². The summed E-state index contributed by atoms with van der Waals surface area (Å²) in [6.07, 6.45) is 1.28. The number of hydrogen-bond acceptors (Lipinski definition) is 5. The van der Waals surface area contributed by atoms with Crippen LogP contribution in [0.1, 0.15) is 29.8 Å². The molecule has 190 valence electrons. The number of amides is 1. The third kappa shape index (κ3) is 4.62. The summed E-state index contributed by atoms with van der Waals surface area (Å²) in [6, 6.07) is 9.55. The van der Waals surface area contributed by atoms with Gasteiger partial charge in [-0.2, -0.15) is 5.10 Å². The minimum atomic E-state index is -2.82. The van der Waals surface area contributed by atoms with Crippen molar-refractivity contribution in [3.63, 3.8) is 0 Å². The van der Waals surface area contributed by atoms with Crippen molar-refractivity contribution in [1.82, 2.24) is 14.7 Å². The lowest BCUT2D eigenvalue weighted by molar-refractivity contribution is 0.0257. The molecule has 1 amide bonds. The summed E-state index contributed by atoms with van der Waals surface area (Å²) < 4.78 is 58.2. The topological polar surface area (TPSA) is 93.4 Å². The molecule has 1 aromatic heterocycles. The molecule has 2 aliphatic heterocycles. The molecule has 5 rings (SSSR count). The zero-order valence-corrected chi connectivity index (χ0v) is 19.4. The summed E-state index contributed by atoms with van der Waals surface area (Å²) in [5.74, 6) is -4.57. The number of carbonyl (C=O) groups is 1. The number of halogens is 4. The molecule has 3 heterocycles. The molecule has 11 heteroatoms. The summed E-state index contributed by atoms with van der Waals surface area (Å²) in [5, 5.41) is 4.38. The molecular weight excluding hydrogens is 476 g/mol. The van der Waals surface area contributed by atoms with Crippen LogP contribution >= 0.6 is 0 Å². The second kappa shape index (κ2) is 9.12. The number of benzene rings is 2. The Balaban J connectivity index is 1.55. The first kappa shape index (κ1) is 24.1. The van der Waals surface area contributed by atoms with Crippen molar-refractivity contribution in [1.29, 1.82) is 0 Å². The number of alkyl halides is 2. The largest absolute Gasteiger partial charge is 0.396 e. The van der Waals surface area contributed by atoms with Crippen LogP contribution in [-0.2, 0) is 0 Å². The summed E-state index contributed by atoms with van der Waals surface area (Å²) in [4.78, 5) is 16.2. The number of hydrogen-bond donors (Lipinski definition) is 2. The van der Waals surface area contributed by atoms with Crippen molar-refractivity contribution in [2.45, 2.75) is 31.2 Å². The van der Waals surface area contributed by atoms with Gasteiger partial charge >= 0.3 is 0 Å². The van der Waals surface area contributed by atoms with Crippen LogP contribution in [0.25, 0.3) is 16.9 Å². The lowest BCUT2D eigenvalue weighted by Crippen LogP contribution is -2.45. The van der Waals surface area contributed by atoms with Crippen molar-refractivity contribution in [2.75, 3.05) is 36.8 Å². The number of anilines is 2. The molecule has 3 aromatic rings. The van der Waals surface area contributed by atoms with Crippen molar-refractivity contribution in [2.24, 2.45) is 5.73 Å². The third-order valence-electron chi connectivity index (χ3n) is 6.66. The van der Waals surface area contributed by atoms with Gasteiger partial charge in [0.2, 0.25) is 0 Å². The highest BCUT2D eigenvalue weighted by Crippen LogP contribution is 2.33. The third-order valence-corrected chi connectivity index (χ3v) is 6.66. The number of nitrogen functional groups attached to an aromatic ring is 1. The molecule has 2 saturated heterocycles. The van der Waals surface area contributed by atoms with Gasteiger partial charge in [0.25, 0.3) is 11.8 Å². The number of carbonyl (C=O) groups excluding carboxylic acids is 1. The fraction of sp³-hybridized carbons (Fsp3) is 0.360. The Kier molecular flexibility index (Phi) is 6.11. The van der Waals surface area contributed by atoms with E-state index in [1.807, 2.05) is 0 Å². The van der Waals surface area contributed by atoms with E-state index in [0.717, 1.165) is 18.9 Å². The summed E-state index contributed by atoms with van der Waals surface area (Å²) >= 11 is 0. The number of nitrogens with two attached hydrogens (primary N) is 2. The summed E-state index contributed by atoms with van der Waals surface area (Å²) in [7, 11) is 0. The van der Waals surface area contributed by atoms with E-state index in [4.69, 9.17) is 11.5 Å². The molecule has 7 nitrogen and oxygen atoms in total. The molecule has 2 aromatic carbocycles. The zero-order valence-electron chi connectivity index (χ0n) is 19.4. The summed E-state index contributed by atoms with van der Waals surface area (Å²) in [5.41, 5.74) is 12.6. The van der Waals surface area contributed by atoms with Crippen LogP contribution in [0, 0.1) is 11.6 Å². The molecule has 2 fully saturated rings. The Bertz CT molecular complexity index is 1310. The van der Waals surface area contributed by atoms with Gasteiger partial charge in [-0.25, -0.2) is 22.2 Å². The van der Waals surface area contributed by atoms with Gasteiger partial charge in [-0.3, -0.25) is 4.79 Å². The van der Waals surface area contributed by atoms with Crippen molar-refractivity contribution in [3.05, 3.63) is 59.8 Å². The van der Waals surface area contributed by atoms with Gasteiger partial charge in [0.15, 0.2) is 11.5 Å². The molecule has 0 radical (unpaired) electrons. The van der Waals surface area contributed by atoms with E-state index in [0.29, 0.717) is 24.3 Å². The SMILES string of the molecule is Nc1ccc(-c2cc(C(=O)N3CCC[C@@H](N)C3)nn2-c2ccc(N3CCC(F)(F)C3)cc2F)cc1F. The van der Waals surface area contributed by atoms with E-state index in [1.165, 1.54) is 39.9 Å². The smallest absolute Gasteiger partial charge is 0.274 e. The zero-order chi connectivity index (χ0) is 25.6. The molecule has 0 saturated carbocycles. The Hall–Kier alpha value is -3.60. The van der Waals surface area contributed by atoms with Gasteiger partial charge in [0.1, 0.15) is 11.5 Å². The van der Waals surface area contributed by atoms with Gasteiger partial charge in [0, 0.05) is 43.3 Å². The van der Waals surface area contributed by atoms with Crippen LogP contribution in [-0.4, -0.2) is 58.7 Å². The van der Waals surface area contributed by atoms with E-state index in [2.05, 4.69) is 5.10 Å². The fourth-order valence-corrected chi connectivity index (χ4v) is 4.74. The lowest BCUT2D eigenvalue weighted by atomic mass is 10.1. The second-order valence-electron chi connectivity index (χ2n) is 9.38. The van der Waals surface area contributed by atoms with E-state index in [1.54, 1.807) is 11.0 Å². The predicted molar refractivity (Wildman–Crippen MR) is 128 cm³/mol. The standard InChI is InChI=1S/C25H26F4N6O/c26-18-10-15(3-5-20(18)31)23-12-21(24(36)33-8-1-2-16(30)13-33)32-35(23)22-6-4-17(11-19(22)27)34-9-7-25(28,29)14-34/h3-6,10-12,16H,1-2,7-9,13-14,30-31H2/t16-/m1/s1. The maximum atomic E-state index is 15.4. The normalized spacial score (nSPS) is 19.6. The first-order valence-corrected chi connectivity index (χ1v) is 11.7. The Labute approximate surface area is 205 Å². The summed E-state index contributed by atoms with van der Waals surface area (Å²) in [6.45, 7) is 0.524. The average Bonchev–Trinajstić information content (AvgIpc) is 3.44. The van der Waals surface area contributed by atoms with Gasteiger partial charge in [-0.05, 0) is 49.2 Å². The average molecular weight is 503 g/mol. The highest BCUT2D eigenvalue weighted by atomic mass is 19.3. The van der Waals surface area contributed by atoms with Gasteiger partial charge < -0.3 is 21.3 Å². The lowest BCUT2D eigenvalue weighted by Gasteiger charge is -2.30. The Morgan fingerprint density at radius 1 is 1.06 bits per heavy atom. The van der Waals surface area contributed by atoms with Crippen molar-refractivity contribution in [3.8, 4) is 16.9 Å². The second-order valence-corrected chi connectivity index (χ2v) is 9.38. The first-order valence-electron chi connectivity index (χ1n) is 11.7.